The Kier molecular flexibility index (Phi) is 5.08. The second-order valence-electron chi connectivity index (χ2n) is 6.89. The first-order valence-corrected chi connectivity index (χ1v) is 8.12. The van der Waals surface area contributed by atoms with E-state index in [1.807, 2.05) is 0 Å². The average molecular weight is 252 g/mol. The second kappa shape index (κ2) is 6.38. The first-order chi connectivity index (χ1) is 8.63. The molecule has 2 bridgehead atoms. The molecule has 0 aromatic carbocycles. The van der Waals surface area contributed by atoms with Gasteiger partial charge >= 0.3 is 0 Å². The van der Waals surface area contributed by atoms with Gasteiger partial charge in [-0.05, 0) is 46.2 Å². The molecule has 18 heavy (non-hydrogen) atoms. The van der Waals surface area contributed by atoms with Crippen molar-refractivity contribution >= 4 is 0 Å². The summed E-state index contributed by atoms with van der Waals surface area (Å²) in [4.78, 5) is 5.50. The zero-order valence-corrected chi connectivity index (χ0v) is 12.7. The number of hydrogen-bond donors (Lipinski definition) is 0. The molecule has 3 fully saturated rings. The minimum absolute atomic E-state index is 0.415. The molecule has 2 heteroatoms. The maximum absolute atomic E-state index is 2.84. The van der Waals surface area contributed by atoms with Crippen molar-refractivity contribution in [3.63, 3.8) is 0 Å². The van der Waals surface area contributed by atoms with Crippen LogP contribution in [0.3, 0.4) is 0 Å². The lowest BCUT2D eigenvalue weighted by Gasteiger charge is -2.43. The number of rotatable bonds is 6. The van der Waals surface area contributed by atoms with Gasteiger partial charge in [-0.15, -0.1) is 0 Å². The molecule has 3 saturated heterocycles. The summed E-state index contributed by atoms with van der Waals surface area (Å²) >= 11 is 0. The molecule has 2 nitrogen and oxygen atoms in total. The fourth-order valence-corrected chi connectivity index (χ4v) is 3.81. The number of unbranched alkanes of at least 4 members (excludes halogenated alkanes) is 3. The largest absolute Gasteiger partial charge is 0.302 e. The Morgan fingerprint density at radius 2 is 1.67 bits per heavy atom. The van der Waals surface area contributed by atoms with Crippen molar-refractivity contribution in [2.24, 2.45) is 0 Å². The number of fused-ring (bicyclic) bond motifs is 4. The van der Waals surface area contributed by atoms with Gasteiger partial charge in [0.15, 0.2) is 0 Å². The molecule has 106 valence electrons. The highest BCUT2D eigenvalue weighted by molar-refractivity contribution is 4.92. The summed E-state index contributed by atoms with van der Waals surface area (Å²) in [5, 5.41) is 0. The second-order valence-corrected chi connectivity index (χ2v) is 6.89. The van der Waals surface area contributed by atoms with Crippen molar-refractivity contribution in [2.45, 2.75) is 77.3 Å². The van der Waals surface area contributed by atoms with Crippen LogP contribution < -0.4 is 0 Å². The molecule has 0 aromatic rings. The van der Waals surface area contributed by atoms with Crippen LogP contribution in [0.2, 0.25) is 0 Å². The third-order valence-corrected chi connectivity index (χ3v) is 5.07. The lowest BCUT2D eigenvalue weighted by Crippen LogP contribution is -2.50. The molecule has 0 spiro atoms. The topological polar surface area (TPSA) is 6.48 Å². The van der Waals surface area contributed by atoms with Gasteiger partial charge in [-0.3, -0.25) is 4.90 Å². The van der Waals surface area contributed by atoms with Gasteiger partial charge in [-0.2, -0.15) is 0 Å². The van der Waals surface area contributed by atoms with E-state index in [0.29, 0.717) is 5.54 Å². The van der Waals surface area contributed by atoms with Crippen LogP contribution in [0, 0.1) is 0 Å². The van der Waals surface area contributed by atoms with Crippen molar-refractivity contribution in [1.82, 2.24) is 9.80 Å². The zero-order chi connectivity index (χ0) is 13.0. The third kappa shape index (κ3) is 3.48. The van der Waals surface area contributed by atoms with Gasteiger partial charge in [0, 0.05) is 24.7 Å². The van der Waals surface area contributed by atoms with Crippen LogP contribution in [-0.4, -0.2) is 47.6 Å². The summed E-state index contributed by atoms with van der Waals surface area (Å²) in [6.07, 6.45) is 9.77. The van der Waals surface area contributed by atoms with Crippen LogP contribution >= 0.6 is 0 Å². The van der Waals surface area contributed by atoms with Gasteiger partial charge in [0.2, 0.25) is 0 Å². The van der Waals surface area contributed by atoms with E-state index < -0.39 is 0 Å². The number of piperidine rings is 1. The fourth-order valence-electron chi connectivity index (χ4n) is 3.81. The third-order valence-electron chi connectivity index (χ3n) is 5.07. The first-order valence-electron chi connectivity index (χ1n) is 8.12. The van der Waals surface area contributed by atoms with E-state index in [4.69, 9.17) is 0 Å². The summed E-state index contributed by atoms with van der Waals surface area (Å²) in [5.41, 5.74) is 0.415. The molecule has 0 N–H and O–H groups in total. The van der Waals surface area contributed by atoms with Gasteiger partial charge < -0.3 is 4.90 Å². The molecule has 0 atom stereocenters. The SMILES string of the molecule is CCCCCCC(C)(C)N1CCN2CCC1CC2. The minimum atomic E-state index is 0.415. The van der Waals surface area contributed by atoms with Crippen LogP contribution in [0.1, 0.15) is 65.7 Å². The van der Waals surface area contributed by atoms with Gasteiger partial charge in [0.1, 0.15) is 0 Å². The molecule has 0 saturated carbocycles. The normalized spacial score (nSPS) is 29.5. The lowest BCUT2D eigenvalue weighted by atomic mass is 9.91. The molecule has 3 aliphatic heterocycles. The summed E-state index contributed by atoms with van der Waals surface area (Å²) in [7, 11) is 0. The zero-order valence-electron chi connectivity index (χ0n) is 12.7. The summed E-state index contributed by atoms with van der Waals surface area (Å²) < 4.78 is 0. The molecule has 0 aliphatic carbocycles. The van der Waals surface area contributed by atoms with Crippen LogP contribution in [0.4, 0.5) is 0 Å². The van der Waals surface area contributed by atoms with Crippen molar-refractivity contribution < 1.29 is 0 Å². The first kappa shape index (κ1) is 14.3. The highest BCUT2D eigenvalue weighted by atomic mass is 15.3. The molecular weight excluding hydrogens is 220 g/mol. The molecule has 0 radical (unpaired) electrons. The van der Waals surface area contributed by atoms with E-state index >= 15 is 0 Å². The highest BCUT2D eigenvalue weighted by Crippen LogP contribution is 2.31. The van der Waals surface area contributed by atoms with Crippen molar-refractivity contribution in [2.75, 3.05) is 26.2 Å². The monoisotopic (exact) mass is 252 g/mol. The molecular formula is C16H32N2. The van der Waals surface area contributed by atoms with Gasteiger partial charge in [-0.25, -0.2) is 0 Å². The van der Waals surface area contributed by atoms with Gasteiger partial charge in [0.25, 0.3) is 0 Å². The van der Waals surface area contributed by atoms with Crippen LogP contribution in [0.15, 0.2) is 0 Å². The Balaban J connectivity index is 1.87. The Hall–Kier alpha value is -0.0800. The predicted octanol–water partition coefficient (Wildman–Crippen LogP) is 3.52. The van der Waals surface area contributed by atoms with E-state index in [2.05, 4.69) is 30.6 Å². The quantitative estimate of drug-likeness (QED) is 0.667. The van der Waals surface area contributed by atoms with E-state index in [9.17, 15) is 0 Å². The number of hydrogen-bond acceptors (Lipinski definition) is 2. The highest BCUT2D eigenvalue weighted by Gasteiger charge is 2.36. The standard InChI is InChI=1S/C16H32N2/c1-4-5-6-7-10-16(2,3)18-14-13-17-11-8-15(18)9-12-17/h15H,4-14H2,1-3H3. The van der Waals surface area contributed by atoms with Crippen molar-refractivity contribution in [3.8, 4) is 0 Å². The van der Waals surface area contributed by atoms with E-state index in [-0.39, 0.29) is 0 Å². The predicted molar refractivity (Wildman–Crippen MR) is 79.0 cm³/mol. The Morgan fingerprint density at radius 1 is 0.944 bits per heavy atom. The van der Waals surface area contributed by atoms with Crippen LogP contribution in [0.25, 0.3) is 0 Å². The van der Waals surface area contributed by atoms with E-state index in [1.54, 1.807) is 0 Å². The van der Waals surface area contributed by atoms with Crippen LogP contribution in [0.5, 0.6) is 0 Å². The summed E-state index contributed by atoms with van der Waals surface area (Å²) in [5.74, 6) is 0. The van der Waals surface area contributed by atoms with E-state index in [0.717, 1.165) is 6.04 Å². The maximum atomic E-state index is 2.84. The summed E-state index contributed by atoms with van der Waals surface area (Å²) in [6.45, 7) is 12.5. The summed E-state index contributed by atoms with van der Waals surface area (Å²) in [6, 6.07) is 0.866. The van der Waals surface area contributed by atoms with Crippen LogP contribution in [-0.2, 0) is 0 Å². The lowest BCUT2D eigenvalue weighted by molar-refractivity contribution is 0.0633. The Morgan fingerprint density at radius 3 is 2.33 bits per heavy atom. The fraction of sp³-hybridized carbons (Fsp3) is 1.00. The molecule has 3 rings (SSSR count). The number of nitrogens with zero attached hydrogens (tertiary/aromatic N) is 2. The van der Waals surface area contributed by atoms with Gasteiger partial charge in [0.05, 0.1) is 0 Å². The Bertz CT molecular complexity index is 241. The molecule has 3 heterocycles. The average Bonchev–Trinajstić information content (AvgIpc) is 2.68. The minimum Gasteiger partial charge on any atom is -0.302 e. The Labute approximate surface area is 114 Å². The van der Waals surface area contributed by atoms with E-state index in [1.165, 1.54) is 71.1 Å². The molecule has 0 unspecified atom stereocenters. The molecule has 3 aliphatic rings. The maximum Gasteiger partial charge on any atom is 0.0156 e. The van der Waals surface area contributed by atoms with Crippen molar-refractivity contribution in [1.29, 1.82) is 0 Å². The smallest absolute Gasteiger partial charge is 0.0156 e. The molecule has 0 amide bonds. The van der Waals surface area contributed by atoms with Crippen molar-refractivity contribution in [3.05, 3.63) is 0 Å². The molecule has 0 aromatic heterocycles. The van der Waals surface area contributed by atoms with Gasteiger partial charge in [-0.1, -0.05) is 32.6 Å².